The Hall–Kier alpha value is -0.690. The number of hydrogen-bond acceptors (Lipinski definition) is 3. The van der Waals surface area contributed by atoms with E-state index >= 15 is 0 Å². The van der Waals surface area contributed by atoms with Crippen molar-refractivity contribution in [3.05, 3.63) is 38.0 Å². The first-order chi connectivity index (χ1) is 9.11. The van der Waals surface area contributed by atoms with E-state index in [-0.39, 0.29) is 0 Å². The fraction of sp³-hybridized carbons (Fsp3) is 0.286. The second-order valence-electron chi connectivity index (χ2n) is 4.28. The highest BCUT2D eigenvalue weighted by Crippen LogP contribution is 2.24. The Morgan fingerprint density at radius 2 is 2.16 bits per heavy atom. The summed E-state index contributed by atoms with van der Waals surface area (Å²) in [5.74, 6) is 1.67. The third-order valence-corrected chi connectivity index (χ3v) is 4.38. The molecule has 1 aromatic heterocycles. The van der Waals surface area contributed by atoms with E-state index in [4.69, 9.17) is 0 Å². The SMILES string of the molecule is CCCNc1nc(-c2ccc(Br)c(C)c2)ncc1I. The van der Waals surface area contributed by atoms with E-state index in [2.05, 4.69) is 73.7 Å². The minimum absolute atomic E-state index is 0.759. The highest BCUT2D eigenvalue weighted by molar-refractivity contribution is 14.1. The summed E-state index contributed by atoms with van der Waals surface area (Å²) < 4.78 is 2.15. The maximum atomic E-state index is 4.61. The van der Waals surface area contributed by atoms with Crippen molar-refractivity contribution in [2.75, 3.05) is 11.9 Å². The van der Waals surface area contributed by atoms with Gasteiger partial charge in [0.2, 0.25) is 0 Å². The van der Waals surface area contributed by atoms with Gasteiger partial charge in [-0.3, -0.25) is 0 Å². The lowest BCUT2D eigenvalue weighted by atomic mass is 10.1. The number of nitrogens with zero attached hydrogens (tertiary/aromatic N) is 2. The van der Waals surface area contributed by atoms with Crippen molar-refractivity contribution in [3.63, 3.8) is 0 Å². The van der Waals surface area contributed by atoms with Crippen LogP contribution in [0.3, 0.4) is 0 Å². The van der Waals surface area contributed by atoms with Crippen molar-refractivity contribution >= 4 is 44.3 Å². The summed E-state index contributed by atoms with van der Waals surface area (Å²) in [6.07, 6.45) is 2.94. The average Bonchev–Trinajstić information content (AvgIpc) is 2.41. The lowest BCUT2D eigenvalue weighted by molar-refractivity contribution is 0.963. The molecule has 0 radical (unpaired) electrons. The summed E-state index contributed by atoms with van der Waals surface area (Å²) in [6.45, 7) is 5.13. The van der Waals surface area contributed by atoms with Crippen LogP contribution in [-0.2, 0) is 0 Å². The number of nitrogens with one attached hydrogen (secondary N) is 1. The molecular formula is C14H15BrIN3. The summed E-state index contributed by atoms with van der Waals surface area (Å²) >= 11 is 5.76. The number of aryl methyl sites for hydroxylation is 1. The zero-order valence-corrected chi connectivity index (χ0v) is 14.6. The first-order valence-corrected chi connectivity index (χ1v) is 8.02. The Bertz CT molecular complexity index is 587. The zero-order chi connectivity index (χ0) is 13.8. The molecule has 0 spiro atoms. The van der Waals surface area contributed by atoms with E-state index in [1.54, 1.807) is 0 Å². The molecule has 5 heteroatoms. The van der Waals surface area contributed by atoms with Crippen LogP contribution >= 0.6 is 38.5 Å². The summed E-state index contributed by atoms with van der Waals surface area (Å²) in [4.78, 5) is 9.02. The standard InChI is InChI=1S/C14H15BrIN3/c1-3-6-17-14-12(16)8-18-13(19-14)10-4-5-11(15)9(2)7-10/h4-5,7-8H,3,6H2,1-2H3,(H,17,18,19). The summed E-state index contributed by atoms with van der Waals surface area (Å²) in [7, 11) is 0. The number of anilines is 1. The normalized spacial score (nSPS) is 10.5. The molecule has 100 valence electrons. The van der Waals surface area contributed by atoms with E-state index in [1.807, 2.05) is 18.3 Å². The van der Waals surface area contributed by atoms with Gasteiger partial charge >= 0.3 is 0 Å². The third-order valence-electron chi connectivity index (χ3n) is 2.70. The van der Waals surface area contributed by atoms with Gasteiger partial charge in [-0.15, -0.1) is 0 Å². The molecule has 1 aromatic carbocycles. The van der Waals surface area contributed by atoms with Gasteiger partial charge in [-0.1, -0.05) is 28.9 Å². The molecular weight excluding hydrogens is 417 g/mol. The molecule has 0 aliphatic carbocycles. The Morgan fingerprint density at radius 1 is 1.37 bits per heavy atom. The van der Waals surface area contributed by atoms with Crippen molar-refractivity contribution in [2.24, 2.45) is 0 Å². The second-order valence-corrected chi connectivity index (χ2v) is 6.30. The van der Waals surface area contributed by atoms with E-state index in [0.29, 0.717) is 0 Å². The lowest BCUT2D eigenvalue weighted by Gasteiger charge is -2.09. The highest BCUT2D eigenvalue weighted by Gasteiger charge is 2.07. The van der Waals surface area contributed by atoms with Crippen molar-refractivity contribution in [2.45, 2.75) is 20.3 Å². The molecule has 0 atom stereocenters. The number of halogens is 2. The van der Waals surface area contributed by atoms with Gasteiger partial charge in [0, 0.05) is 22.8 Å². The summed E-state index contributed by atoms with van der Waals surface area (Å²) in [6, 6.07) is 6.16. The van der Waals surface area contributed by atoms with Gasteiger partial charge < -0.3 is 5.32 Å². The van der Waals surface area contributed by atoms with Gasteiger partial charge in [-0.25, -0.2) is 9.97 Å². The van der Waals surface area contributed by atoms with Gasteiger partial charge in [0.15, 0.2) is 5.82 Å². The molecule has 0 saturated carbocycles. The van der Waals surface area contributed by atoms with Crippen LogP contribution < -0.4 is 5.32 Å². The van der Waals surface area contributed by atoms with Gasteiger partial charge in [0.05, 0.1) is 3.57 Å². The fourth-order valence-corrected chi connectivity index (χ4v) is 2.35. The Labute approximate surface area is 135 Å². The van der Waals surface area contributed by atoms with Crippen LogP contribution in [0.15, 0.2) is 28.9 Å². The molecule has 2 aromatic rings. The minimum atomic E-state index is 0.759. The smallest absolute Gasteiger partial charge is 0.161 e. The summed E-state index contributed by atoms with van der Waals surface area (Å²) in [5, 5.41) is 3.33. The van der Waals surface area contributed by atoms with Crippen molar-refractivity contribution in [3.8, 4) is 11.4 Å². The average molecular weight is 432 g/mol. The minimum Gasteiger partial charge on any atom is -0.369 e. The summed E-state index contributed by atoms with van der Waals surface area (Å²) in [5.41, 5.74) is 2.22. The molecule has 19 heavy (non-hydrogen) atoms. The molecule has 0 amide bonds. The maximum absolute atomic E-state index is 4.61. The number of rotatable bonds is 4. The van der Waals surface area contributed by atoms with E-state index in [9.17, 15) is 0 Å². The number of hydrogen-bond donors (Lipinski definition) is 1. The largest absolute Gasteiger partial charge is 0.369 e. The first kappa shape index (κ1) is 14.7. The van der Waals surface area contributed by atoms with Gasteiger partial charge in [-0.05, 0) is 53.6 Å². The van der Waals surface area contributed by atoms with E-state index in [1.165, 1.54) is 5.56 Å². The molecule has 0 aliphatic heterocycles. The predicted molar refractivity (Wildman–Crippen MR) is 91.4 cm³/mol. The molecule has 3 nitrogen and oxygen atoms in total. The quantitative estimate of drug-likeness (QED) is 0.716. The molecule has 0 aliphatic rings. The van der Waals surface area contributed by atoms with Crippen molar-refractivity contribution in [1.29, 1.82) is 0 Å². The Kier molecular flexibility index (Phi) is 5.15. The zero-order valence-electron chi connectivity index (χ0n) is 10.9. The Balaban J connectivity index is 2.36. The molecule has 0 bridgehead atoms. The van der Waals surface area contributed by atoms with Gasteiger partial charge in [-0.2, -0.15) is 0 Å². The fourth-order valence-electron chi connectivity index (χ4n) is 1.66. The molecule has 1 N–H and O–H groups in total. The van der Waals surface area contributed by atoms with Crippen molar-refractivity contribution in [1.82, 2.24) is 9.97 Å². The van der Waals surface area contributed by atoms with Crippen LogP contribution in [0.4, 0.5) is 5.82 Å². The molecule has 2 rings (SSSR count). The van der Waals surface area contributed by atoms with Crippen molar-refractivity contribution < 1.29 is 0 Å². The first-order valence-electron chi connectivity index (χ1n) is 6.14. The van der Waals surface area contributed by atoms with Crippen LogP contribution in [0.5, 0.6) is 0 Å². The molecule has 0 fully saturated rings. The molecule has 1 heterocycles. The topological polar surface area (TPSA) is 37.8 Å². The molecule has 0 unspecified atom stereocenters. The number of aromatic nitrogens is 2. The molecule has 0 saturated heterocycles. The van der Waals surface area contributed by atoms with E-state index < -0.39 is 0 Å². The second kappa shape index (κ2) is 6.65. The van der Waals surface area contributed by atoms with Gasteiger partial charge in [0.25, 0.3) is 0 Å². The van der Waals surface area contributed by atoms with Gasteiger partial charge in [0.1, 0.15) is 5.82 Å². The monoisotopic (exact) mass is 431 g/mol. The van der Waals surface area contributed by atoms with E-state index in [0.717, 1.165) is 38.2 Å². The number of benzene rings is 1. The van der Waals surface area contributed by atoms with Crippen LogP contribution in [0, 0.1) is 10.5 Å². The van der Waals surface area contributed by atoms with Crippen LogP contribution in [-0.4, -0.2) is 16.5 Å². The predicted octanol–water partition coefficient (Wildman–Crippen LogP) is 4.64. The highest BCUT2D eigenvalue weighted by atomic mass is 127. The van der Waals surface area contributed by atoms with Crippen LogP contribution in [0.2, 0.25) is 0 Å². The van der Waals surface area contributed by atoms with Crippen LogP contribution in [0.1, 0.15) is 18.9 Å². The third kappa shape index (κ3) is 3.66. The Morgan fingerprint density at radius 3 is 2.84 bits per heavy atom. The maximum Gasteiger partial charge on any atom is 0.161 e. The lowest BCUT2D eigenvalue weighted by Crippen LogP contribution is -2.05. The van der Waals surface area contributed by atoms with Crippen LogP contribution in [0.25, 0.3) is 11.4 Å².